The van der Waals surface area contributed by atoms with Crippen LogP contribution >= 0.6 is 0 Å². The van der Waals surface area contributed by atoms with E-state index in [0.717, 1.165) is 31.4 Å². The van der Waals surface area contributed by atoms with Crippen LogP contribution in [0.4, 0.5) is 27.5 Å². The molecule has 3 amide bonds. The summed E-state index contributed by atoms with van der Waals surface area (Å²) in [6.45, 7) is 5.65. The van der Waals surface area contributed by atoms with Gasteiger partial charge < -0.3 is 20.4 Å². The largest absolute Gasteiger partial charge is 0.364 e. The minimum atomic E-state index is -0.907. The summed E-state index contributed by atoms with van der Waals surface area (Å²) in [6.07, 6.45) is 5.36. The van der Waals surface area contributed by atoms with Crippen molar-refractivity contribution in [3.8, 4) is 0 Å². The number of nitrogens with one attached hydrogen (secondary N) is 2. The second-order valence-corrected chi connectivity index (χ2v) is 11.0. The van der Waals surface area contributed by atoms with Crippen LogP contribution in [0.5, 0.6) is 0 Å². The molecular weight excluding hydrogens is 486 g/mol. The molecule has 1 unspecified atom stereocenters. The topological polar surface area (TPSA) is 125 Å². The van der Waals surface area contributed by atoms with Crippen molar-refractivity contribution in [1.29, 1.82) is 0 Å². The Bertz CT molecular complexity index is 1200. The maximum Gasteiger partial charge on any atom is 0.319 e. The van der Waals surface area contributed by atoms with E-state index in [9.17, 15) is 24.5 Å². The van der Waals surface area contributed by atoms with E-state index in [2.05, 4.69) is 15.5 Å². The van der Waals surface area contributed by atoms with Crippen LogP contribution in [-0.2, 0) is 9.59 Å². The molecule has 10 heteroatoms. The Morgan fingerprint density at radius 2 is 1.63 bits per heavy atom. The van der Waals surface area contributed by atoms with Crippen LogP contribution in [0.3, 0.4) is 0 Å². The van der Waals surface area contributed by atoms with E-state index in [1.54, 1.807) is 0 Å². The highest BCUT2D eigenvalue weighted by molar-refractivity contribution is 6.08. The maximum atomic E-state index is 13.9. The summed E-state index contributed by atoms with van der Waals surface area (Å²) in [6, 6.07) is 11.8. The minimum absolute atomic E-state index is 0.0825. The van der Waals surface area contributed by atoms with Crippen LogP contribution in [-0.4, -0.2) is 47.8 Å². The number of carbonyl (C=O) groups is 3. The molecule has 1 saturated carbocycles. The fourth-order valence-electron chi connectivity index (χ4n) is 5.00. The van der Waals surface area contributed by atoms with Gasteiger partial charge in [-0.15, -0.1) is 0 Å². The zero-order valence-electron chi connectivity index (χ0n) is 22.1. The summed E-state index contributed by atoms with van der Waals surface area (Å²) in [5, 5.41) is 16.4. The lowest BCUT2D eigenvalue weighted by Crippen LogP contribution is -2.55. The van der Waals surface area contributed by atoms with Crippen molar-refractivity contribution >= 4 is 40.5 Å². The van der Waals surface area contributed by atoms with Crippen molar-refractivity contribution < 1.29 is 19.3 Å². The average Bonchev–Trinajstić information content (AvgIpc) is 2.99. The van der Waals surface area contributed by atoms with Crippen LogP contribution < -0.4 is 20.4 Å². The van der Waals surface area contributed by atoms with Gasteiger partial charge in [0.25, 0.3) is 11.6 Å². The van der Waals surface area contributed by atoms with Gasteiger partial charge in [-0.25, -0.2) is 4.79 Å². The number of ketones is 1. The number of anilines is 3. The number of hydrogen-bond donors (Lipinski definition) is 2. The number of nitro groups is 1. The number of amides is 3. The molecule has 0 bridgehead atoms. The van der Waals surface area contributed by atoms with Crippen molar-refractivity contribution in [2.45, 2.75) is 65.0 Å². The Morgan fingerprint density at radius 3 is 2.24 bits per heavy atom. The van der Waals surface area contributed by atoms with Crippen molar-refractivity contribution in [3.05, 3.63) is 58.6 Å². The molecule has 1 atom stereocenters. The van der Waals surface area contributed by atoms with E-state index in [1.807, 2.05) is 45.0 Å². The lowest BCUT2D eigenvalue weighted by molar-refractivity contribution is -0.384. The first-order valence-electron chi connectivity index (χ1n) is 13.1. The second-order valence-electron chi connectivity index (χ2n) is 11.0. The summed E-state index contributed by atoms with van der Waals surface area (Å²) in [4.78, 5) is 54.1. The Morgan fingerprint density at radius 1 is 1.00 bits per heavy atom. The van der Waals surface area contributed by atoms with Gasteiger partial charge >= 0.3 is 6.03 Å². The predicted octanol–water partition coefficient (Wildman–Crippen LogP) is 4.89. The third-order valence-electron chi connectivity index (χ3n) is 7.22. The fourth-order valence-corrected chi connectivity index (χ4v) is 5.00. The highest BCUT2D eigenvalue weighted by atomic mass is 16.6. The number of non-ortho nitro benzene ring substituents is 1. The van der Waals surface area contributed by atoms with E-state index < -0.39 is 22.4 Å². The zero-order valence-corrected chi connectivity index (χ0v) is 22.1. The molecule has 1 aliphatic carbocycles. The van der Waals surface area contributed by atoms with Crippen LogP contribution in [0.15, 0.2) is 48.5 Å². The molecule has 4 rings (SSSR count). The normalized spacial score (nSPS) is 18.4. The number of fused-ring (bicyclic) bond motifs is 1. The number of Topliss-reactive ketones (excluding diaryl/α,β-unsaturated/α-hetero) is 1. The lowest BCUT2D eigenvalue weighted by atomic mass is 9.90. The van der Waals surface area contributed by atoms with Gasteiger partial charge in [0.15, 0.2) is 5.78 Å². The van der Waals surface area contributed by atoms with Gasteiger partial charge in [-0.3, -0.25) is 19.7 Å². The first-order valence-corrected chi connectivity index (χ1v) is 13.1. The Kier molecular flexibility index (Phi) is 7.99. The number of rotatable bonds is 6. The number of para-hydroxylation sites is 2. The van der Waals surface area contributed by atoms with Gasteiger partial charge in [0.1, 0.15) is 6.04 Å². The van der Waals surface area contributed by atoms with E-state index in [0.29, 0.717) is 11.4 Å². The highest BCUT2D eigenvalue weighted by Crippen LogP contribution is 2.37. The third kappa shape index (κ3) is 6.12. The Hall–Kier alpha value is -3.95. The number of hydrogen-bond acceptors (Lipinski definition) is 6. The number of benzene rings is 2. The Labute approximate surface area is 222 Å². The monoisotopic (exact) mass is 521 g/mol. The highest BCUT2D eigenvalue weighted by Gasteiger charge is 2.39. The SMILES string of the molecule is CC(C)(C)C(=O)CN1C(=O)C(NC(=O)Nc2ccc([N+](=O)[O-])cc2)CN(C2CCCCC2)c2ccccc21. The lowest BCUT2D eigenvalue weighted by Gasteiger charge is -2.37. The molecule has 2 aliphatic rings. The smallest absolute Gasteiger partial charge is 0.319 e. The zero-order chi connectivity index (χ0) is 27.4. The molecule has 202 valence electrons. The van der Waals surface area contributed by atoms with Gasteiger partial charge in [-0.2, -0.15) is 0 Å². The summed E-state index contributed by atoms with van der Waals surface area (Å²) in [5.41, 5.74) is 1.19. The number of urea groups is 1. The van der Waals surface area contributed by atoms with Gasteiger partial charge in [-0.05, 0) is 37.1 Å². The molecule has 2 aromatic rings. The van der Waals surface area contributed by atoms with Crippen LogP contribution in [0, 0.1) is 15.5 Å². The molecule has 0 spiro atoms. The minimum Gasteiger partial charge on any atom is -0.364 e. The molecular formula is C28H35N5O5. The van der Waals surface area contributed by atoms with E-state index in [-0.39, 0.29) is 36.5 Å². The van der Waals surface area contributed by atoms with Gasteiger partial charge in [0, 0.05) is 35.8 Å². The molecule has 0 saturated heterocycles. The summed E-state index contributed by atoms with van der Waals surface area (Å²) in [7, 11) is 0. The molecule has 0 aromatic heterocycles. The molecule has 1 aliphatic heterocycles. The molecule has 1 heterocycles. The summed E-state index contributed by atoms with van der Waals surface area (Å²) >= 11 is 0. The van der Waals surface area contributed by atoms with E-state index in [4.69, 9.17) is 0 Å². The maximum absolute atomic E-state index is 13.9. The average molecular weight is 522 g/mol. The summed E-state index contributed by atoms with van der Waals surface area (Å²) < 4.78 is 0. The standard InChI is InChI=1S/C28H35N5O5/c1-28(2,3)25(34)18-32-24-12-8-7-11-23(24)31(20-9-5-4-6-10-20)17-22(26(32)35)30-27(36)29-19-13-15-21(16-14-19)33(37)38/h7-8,11-16,20,22H,4-6,9-10,17-18H2,1-3H3,(H2,29,30,36). The third-order valence-corrected chi connectivity index (χ3v) is 7.22. The van der Waals surface area contributed by atoms with Crippen LogP contribution in [0.1, 0.15) is 52.9 Å². The quantitative estimate of drug-likeness (QED) is 0.412. The predicted molar refractivity (Wildman–Crippen MR) is 147 cm³/mol. The van der Waals surface area contributed by atoms with E-state index in [1.165, 1.54) is 35.6 Å². The van der Waals surface area contributed by atoms with E-state index >= 15 is 0 Å². The van der Waals surface area contributed by atoms with Gasteiger partial charge in [0.2, 0.25) is 0 Å². The Balaban J connectivity index is 1.63. The summed E-state index contributed by atoms with van der Waals surface area (Å²) in [5.74, 6) is -0.437. The van der Waals surface area contributed by atoms with Crippen molar-refractivity contribution in [2.75, 3.05) is 28.2 Å². The first-order chi connectivity index (χ1) is 18.0. The molecule has 38 heavy (non-hydrogen) atoms. The molecule has 2 N–H and O–H groups in total. The molecule has 0 radical (unpaired) electrons. The molecule has 2 aromatic carbocycles. The first kappa shape index (κ1) is 27.1. The van der Waals surface area contributed by atoms with Gasteiger partial charge in [-0.1, -0.05) is 52.2 Å². The van der Waals surface area contributed by atoms with Gasteiger partial charge in [0.05, 0.1) is 22.8 Å². The number of nitro benzene ring substituents is 1. The van der Waals surface area contributed by atoms with Crippen molar-refractivity contribution in [3.63, 3.8) is 0 Å². The molecule has 1 fully saturated rings. The number of nitrogens with zero attached hydrogens (tertiary/aromatic N) is 3. The van der Waals surface area contributed by atoms with Crippen molar-refractivity contribution in [2.24, 2.45) is 5.41 Å². The van der Waals surface area contributed by atoms with Crippen LogP contribution in [0.2, 0.25) is 0 Å². The van der Waals surface area contributed by atoms with Crippen LogP contribution in [0.25, 0.3) is 0 Å². The molecule has 10 nitrogen and oxygen atoms in total. The van der Waals surface area contributed by atoms with Crippen molar-refractivity contribution in [1.82, 2.24) is 5.32 Å². The second kappa shape index (κ2) is 11.2. The number of carbonyl (C=O) groups excluding carboxylic acids is 3. The fraction of sp³-hybridized carbons (Fsp3) is 0.464.